The first-order valence-electron chi connectivity index (χ1n) is 7.87. The van der Waals surface area contributed by atoms with Gasteiger partial charge in [-0.3, -0.25) is 9.59 Å². The Hall–Kier alpha value is -2.45. The number of carbonyl (C=O) groups excluding carboxylic acids is 2. The lowest BCUT2D eigenvalue weighted by atomic mass is 10.0. The number of hydrogen-bond donors (Lipinski definition) is 1. The molecule has 2 unspecified atom stereocenters. The Morgan fingerprint density at radius 2 is 1.92 bits per heavy atom. The average Bonchev–Trinajstić information content (AvgIpc) is 2.98. The second-order valence-electron chi connectivity index (χ2n) is 5.83. The lowest BCUT2D eigenvalue weighted by Gasteiger charge is -2.19. The number of rotatable bonds is 5. The molecule has 2 aromatic carbocycles. The van der Waals surface area contributed by atoms with Crippen LogP contribution in [0, 0.1) is 11.6 Å². The zero-order valence-electron chi connectivity index (χ0n) is 13.9. The molecule has 2 amide bonds. The predicted octanol–water partition coefficient (Wildman–Crippen LogP) is 2.22. The molecule has 2 atom stereocenters. The number of nitrogens with zero attached hydrogens (tertiary/aromatic N) is 1. The van der Waals surface area contributed by atoms with Crippen molar-refractivity contribution in [2.45, 2.75) is 17.4 Å². The van der Waals surface area contributed by atoms with Gasteiger partial charge in [0.25, 0.3) is 0 Å². The summed E-state index contributed by atoms with van der Waals surface area (Å²) >= 11 is -1.37. The van der Waals surface area contributed by atoms with Crippen LogP contribution in [0.5, 0.6) is 0 Å². The molecule has 0 bridgehead atoms. The van der Waals surface area contributed by atoms with Crippen LogP contribution in [0.3, 0.4) is 0 Å². The highest BCUT2D eigenvalue weighted by molar-refractivity contribution is 7.90. The van der Waals surface area contributed by atoms with Gasteiger partial charge < -0.3 is 14.8 Å². The van der Waals surface area contributed by atoms with Crippen LogP contribution >= 0.6 is 0 Å². The zero-order chi connectivity index (χ0) is 18.8. The first-order valence-corrected chi connectivity index (χ1v) is 9.43. The van der Waals surface area contributed by atoms with E-state index in [2.05, 4.69) is 5.32 Å². The van der Waals surface area contributed by atoms with Crippen molar-refractivity contribution in [2.24, 2.45) is 0 Å². The molecule has 1 fully saturated rings. The van der Waals surface area contributed by atoms with Gasteiger partial charge in [-0.15, -0.1) is 0 Å². The fourth-order valence-electron chi connectivity index (χ4n) is 3.05. The summed E-state index contributed by atoms with van der Waals surface area (Å²) in [6, 6.07) is 8.44. The summed E-state index contributed by atoms with van der Waals surface area (Å²) in [7, 11) is 0. The molecule has 8 heteroatoms. The summed E-state index contributed by atoms with van der Waals surface area (Å²) in [5.74, 6) is -2.75. The van der Waals surface area contributed by atoms with Crippen LogP contribution in [0.15, 0.2) is 41.3 Å². The van der Waals surface area contributed by atoms with Gasteiger partial charge in [-0.25, -0.2) is 8.78 Å². The van der Waals surface area contributed by atoms with Crippen molar-refractivity contribution >= 4 is 29.2 Å². The number of anilines is 1. The topological polar surface area (TPSA) is 72.5 Å². The number of hydrogen-bond acceptors (Lipinski definition) is 3. The first-order chi connectivity index (χ1) is 12.5. The molecular weight excluding hydrogens is 362 g/mol. The average molecular weight is 378 g/mol. The lowest BCUT2D eigenvalue weighted by Crippen LogP contribution is -2.38. The van der Waals surface area contributed by atoms with Crippen LogP contribution in [0.4, 0.5) is 14.5 Å². The van der Waals surface area contributed by atoms with Gasteiger partial charge in [0, 0.05) is 17.7 Å². The molecule has 1 aliphatic rings. The van der Waals surface area contributed by atoms with E-state index in [1.165, 1.54) is 18.4 Å². The van der Waals surface area contributed by atoms with Crippen molar-refractivity contribution in [2.75, 3.05) is 17.7 Å². The van der Waals surface area contributed by atoms with E-state index in [0.717, 1.165) is 4.90 Å². The second-order valence-corrected chi connectivity index (χ2v) is 7.17. The molecule has 1 N–H and O–H groups in total. The Bertz CT molecular complexity index is 860. The van der Waals surface area contributed by atoms with Crippen molar-refractivity contribution in [1.82, 2.24) is 5.32 Å². The highest BCUT2D eigenvalue weighted by atomic mass is 32.2. The fraction of sp³-hybridized carbons (Fsp3) is 0.222. The Kier molecular flexibility index (Phi) is 5.24. The molecular formula is C18H16F2N2O3S. The number of benzene rings is 2. The SMILES string of the molecule is C[S+]([O-])c1ccccc1-c1ccc(N2CCC(NC=O)C2=O)c(F)c1F. The molecule has 2 aromatic rings. The molecule has 0 aromatic heterocycles. The normalized spacial score (nSPS) is 18.1. The Labute approximate surface area is 152 Å². The largest absolute Gasteiger partial charge is 0.612 e. The van der Waals surface area contributed by atoms with Crippen LogP contribution in [0.1, 0.15) is 6.42 Å². The van der Waals surface area contributed by atoms with Gasteiger partial charge in [-0.05, 0) is 41.9 Å². The Morgan fingerprint density at radius 1 is 1.19 bits per heavy atom. The van der Waals surface area contributed by atoms with Gasteiger partial charge in [-0.1, -0.05) is 12.1 Å². The summed E-state index contributed by atoms with van der Waals surface area (Å²) in [6.45, 7) is 0.176. The molecule has 5 nitrogen and oxygen atoms in total. The summed E-state index contributed by atoms with van der Waals surface area (Å²) < 4.78 is 41.3. The van der Waals surface area contributed by atoms with Crippen molar-refractivity contribution in [1.29, 1.82) is 0 Å². The van der Waals surface area contributed by atoms with Gasteiger partial charge in [0.1, 0.15) is 12.3 Å². The molecule has 1 heterocycles. The van der Waals surface area contributed by atoms with E-state index in [9.17, 15) is 22.9 Å². The summed E-state index contributed by atoms with van der Waals surface area (Å²) in [5, 5.41) is 2.36. The van der Waals surface area contributed by atoms with Crippen molar-refractivity contribution in [3.8, 4) is 11.1 Å². The molecule has 1 saturated heterocycles. The third-order valence-electron chi connectivity index (χ3n) is 4.31. The lowest BCUT2D eigenvalue weighted by molar-refractivity contribution is -0.121. The van der Waals surface area contributed by atoms with E-state index >= 15 is 0 Å². The molecule has 0 radical (unpaired) electrons. The van der Waals surface area contributed by atoms with E-state index in [-0.39, 0.29) is 17.8 Å². The smallest absolute Gasteiger partial charge is 0.249 e. The highest BCUT2D eigenvalue weighted by Crippen LogP contribution is 2.35. The van der Waals surface area contributed by atoms with Crippen molar-refractivity contribution < 1.29 is 22.9 Å². The molecule has 26 heavy (non-hydrogen) atoms. The fourth-order valence-corrected chi connectivity index (χ4v) is 3.81. The number of amides is 2. The Balaban J connectivity index is 2.01. The van der Waals surface area contributed by atoms with Crippen molar-refractivity contribution in [3.05, 3.63) is 48.0 Å². The highest BCUT2D eigenvalue weighted by Gasteiger charge is 2.34. The van der Waals surface area contributed by atoms with Gasteiger partial charge in [0.2, 0.25) is 12.3 Å². The van der Waals surface area contributed by atoms with E-state index in [1.807, 2.05) is 0 Å². The van der Waals surface area contributed by atoms with Crippen LogP contribution < -0.4 is 10.2 Å². The third-order valence-corrected chi connectivity index (χ3v) is 5.29. The number of carbonyl (C=O) groups is 2. The van der Waals surface area contributed by atoms with E-state index in [0.29, 0.717) is 23.3 Å². The Morgan fingerprint density at radius 3 is 2.62 bits per heavy atom. The number of halogens is 2. The third kappa shape index (κ3) is 3.17. The van der Waals surface area contributed by atoms with Crippen LogP contribution in [-0.4, -0.2) is 35.7 Å². The van der Waals surface area contributed by atoms with E-state index < -0.39 is 34.8 Å². The van der Waals surface area contributed by atoms with Gasteiger partial charge in [-0.2, -0.15) is 0 Å². The summed E-state index contributed by atoms with van der Waals surface area (Å²) in [4.78, 5) is 24.3. The zero-order valence-corrected chi connectivity index (χ0v) is 14.7. The maximum atomic E-state index is 14.7. The molecule has 0 spiro atoms. The molecule has 1 aliphatic heterocycles. The van der Waals surface area contributed by atoms with Crippen LogP contribution in [0.25, 0.3) is 11.1 Å². The second kappa shape index (κ2) is 7.43. The van der Waals surface area contributed by atoms with Crippen LogP contribution in [0.2, 0.25) is 0 Å². The van der Waals surface area contributed by atoms with Gasteiger partial charge in [0.15, 0.2) is 16.5 Å². The maximum absolute atomic E-state index is 14.7. The van der Waals surface area contributed by atoms with Crippen LogP contribution in [-0.2, 0) is 20.8 Å². The molecule has 0 aliphatic carbocycles. The molecule has 3 rings (SSSR count). The quantitative estimate of drug-likeness (QED) is 0.641. The predicted molar refractivity (Wildman–Crippen MR) is 94.1 cm³/mol. The monoisotopic (exact) mass is 378 g/mol. The maximum Gasteiger partial charge on any atom is 0.249 e. The minimum absolute atomic E-state index is 0.0220. The minimum atomic E-state index is -1.37. The standard InChI is InChI=1S/C18H16F2N2O3S/c1-26(25)15-5-3-2-4-11(15)12-6-7-14(17(20)16(12)19)22-9-8-13(18(22)24)21-10-23/h2-7,10,13H,8-9H2,1H3,(H,21,23). The van der Waals surface area contributed by atoms with Gasteiger partial charge >= 0.3 is 0 Å². The molecule has 136 valence electrons. The minimum Gasteiger partial charge on any atom is -0.612 e. The first kappa shape index (κ1) is 18.3. The van der Waals surface area contributed by atoms with Gasteiger partial charge in [0.05, 0.1) is 5.69 Å². The van der Waals surface area contributed by atoms with E-state index in [4.69, 9.17) is 0 Å². The van der Waals surface area contributed by atoms with Crippen molar-refractivity contribution in [3.63, 3.8) is 0 Å². The summed E-state index contributed by atoms with van der Waals surface area (Å²) in [5.41, 5.74) is 0.136. The van der Waals surface area contributed by atoms with E-state index in [1.54, 1.807) is 24.3 Å². The summed E-state index contributed by atoms with van der Waals surface area (Å²) in [6.07, 6.45) is 2.19. The number of nitrogens with one attached hydrogen (secondary N) is 1. The molecule has 0 saturated carbocycles.